The monoisotopic (exact) mass is 384 g/mol. The van der Waals surface area contributed by atoms with Gasteiger partial charge in [-0.05, 0) is 30.7 Å². The third-order valence-electron chi connectivity index (χ3n) is 6.83. The van der Waals surface area contributed by atoms with Crippen LogP contribution in [0, 0.1) is 17.8 Å². The Morgan fingerprint density at radius 2 is 1.66 bits per heavy atom. The van der Waals surface area contributed by atoms with Crippen LogP contribution in [0.1, 0.15) is 41.3 Å². The van der Waals surface area contributed by atoms with Crippen LogP contribution in [-0.2, 0) is 9.59 Å². The molecule has 144 valence electrons. The van der Waals surface area contributed by atoms with Crippen molar-refractivity contribution in [2.75, 3.05) is 0 Å². The van der Waals surface area contributed by atoms with Gasteiger partial charge in [-0.25, -0.2) is 0 Å². The number of rotatable bonds is 3. The molecule has 0 amide bonds. The van der Waals surface area contributed by atoms with Gasteiger partial charge in [-0.15, -0.1) is 0 Å². The van der Waals surface area contributed by atoms with E-state index in [0.717, 1.165) is 21.9 Å². The molecule has 1 fully saturated rings. The first-order valence-electron chi connectivity index (χ1n) is 9.70. The predicted octanol–water partition coefficient (Wildman–Crippen LogP) is 4.63. The summed E-state index contributed by atoms with van der Waals surface area (Å²) >= 11 is 0. The number of esters is 1. The van der Waals surface area contributed by atoms with E-state index in [1.807, 2.05) is 49.4 Å². The van der Waals surface area contributed by atoms with E-state index < -0.39 is 22.7 Å². The molecule has 5 rings (SSSR count). The summed E-state index contributed by atoms with van der Waals surface area (Å²) in [5, 5.41) is 1.90. The molecule has 0 N–H and O–H groups in total. The highest BCUT2D eigenvalue weighted by molar-refractivity contribution is 6.22. The molecule has 4 heteroatoms. The van der Waals surface area contributed by atoms with Gasteiger partial charge in [-0.2, -0.15) is 0 Å². The Morgan fingerprint density at radius 3 is 2.34 bits per heavy atom. The maximum absolute atomic E-state index is 13.6. The number of ketones is 2. The first-order chi connectivity index (χ1) is 13.8. The highest BCUT2D eigenvalue weighted by atomic mass is 16.5. The smallest absolute Gasteiger partial charge is 0.326 e. The molecule has 4 nitrogen and oxygen atoms in total. The summed E-state index contributed by atoms with van der Waals surface area (Å²) in [7, 11) is 0. The fourth-order valence-corrected chi connectivity index (χ4v) is 5.32. The van der Waals surface area contributed by atoms with E-state index >= 15 is 0 Å². The lowest BCUT2D eigenvalue weighted by Gasteiger charge is -2.22. The van der Waals surface area contributed by atoms with E-state index in [0.29, 0.717) is 11.3 Å². The average Bonchev–Trinajstić information content (AvgIpc) is 3.31. The Hall–Kier alpha value is -3.27. The fraction of sp³-hybridized carbons (Fsp3) is 0.240. The molecular formula is C25H20O4. The summed E-state index contributed by atoms with van der Waals surface area (Å²) in [6.07, 6.45) is 0. The molecule has 2 aliphatic rings. The van der Waals surface area contributed by atoms with Crippen LogP contribution >= 0.6 is 0 Å². The van der Waals surface area contributed by atoms with E-state index in [4.69, 9.17) is 4.74 Å². The van der Waals surface area contributed by atoms with Crippen LogP contribution in [0.15, 0.2) is 60.7 Å². The molecule has 1 saturated carbocycles. The number of hydrogen-bond donors (Lipinski definition) is 0. The number of fused-ring (bicyclic) bond motifs is 5. The van der Waals surface area contributed by atoms with Crippen molar-refractivity contribution in [1.82, 2.24) is 0 Å². The summed E-state index contributed by atoms with van der Waals surface area (Å²) < 4.78 is 5.65. The minimum absolute atomic E-state index is 0.199. The molecule has 1 aliphatic heterocycles. The van der Waals surface area contributed by atoms with Crippen molar-refractivity contribution < 1.29 is 19.1 Å². The third-order valence-corrected chi connectivity index (χ3v) is 6.83. The lowest BCUT2D eigenvalue weighted by Crippen LogP contribution is -2.37. The molecule has 0 bridgehead atoms. The van der Waals surface area contributed by atoms with Gasteiger partial charge in [-0.1, -0.05) is 67.1 Å². The predicted molar refractivity (Wildman–Crippen MR) is 109 cm³/mol. The zero-order chi connectivity index (χ0) is 20.6. The lowest BCUT2D eigenvalue weighted by atomic mass is 9.84. The Balaban J connectivity index is 1.77. The lowest BCUT2D eigenvalue weighted by molar-refractivity contribution is -0.147. The summed E-state index contributed by atoms with van der Waals surface area (Å²) in [6.45, 7) is 5.07. The van der Waals surface area contributed by atoms with Crippen molar-refractivity contribution in [3.63, 3.8) is 0 Å². The van der Waals surface area contributed by atoms with Crippen molar-refractivity contribution >= 4 is 28.3 Å². The number of aryl methyl sites for hydroxylation is 1. The number of hydrogen-bond acceptors (Lipinski definition) is 4. The summed E-state index contributed by atoms with van der Waals surface area (Å²) in [6, 6.07) is 18.7. The third kappa shape index (κ3) is 2.01. The molecule has 0 unspecified atom stereocenters. The van der Waals surface area contributed by atoms with Crippen molar-refractivity contribution in [3.05, 3.63) is 77.4 Å². The maximum atomic E-state index is 13.6. The maximum Gasteiger partial charge on any atom is 0.326 e. The van der Waals surface area contributed by atoms with Crippen LogP contribution in [0.25, 0.3) is 10.8 Å². The van der Waals surface area contributed by atoms with Gasteiger partial charge in [0.2, 0.25) is 0 Å². The number of ether oxygens (including phenoxy) is 1. The molecule has 0 saturated heterocycles. The van der Waals surface area contributed by atoms with E-state index in [1.54, 1.807) is 25.1 Å². The number of carbonyl (C=O) groups excluding carboxylic acids is 3. The van der Waals surface area contributed by atoms with Crippen LogP contribution < -0.4 is 4.74 Å². The van der Waals surface area contributed by atoms with Crippen LogP contribution in [0.3, 0.4) is 0 Å². The Labute approximate surface area is 168 Å². The zero-order valence-corrected chi connectivity index (χ0v) is 16.5. The van der Waals surface area contributed by atoms with Crippen LogP contribution in [0.2, 0.25) is 0 Å². The molecule has 3 aromatic carbocycles. The van der Waals surface area contributed by atoms with Crippen molar-refractivity contribution in [2.45, 2.75) is 26.7 Å². The number of benzene rings is 3. The van der Waals surface area contributed by atoms with Gasteiger partial charge in [0.1, 0.15) is 16.9 Å². The van der Waals surface area contributed by atoms with E-state index in [1.165, 1.54) is 6.92 Å². The standard InChI is InChI=1S/C25H20O4/c1-14-8-10-17(11-9-14)22(27)24(3)21-20-18-7-5-4-6-16(18)12-13-19(20)29-23(28)25(21,24)15(2)26/h4-13,21H,1-3H3/t21-,24-,25-/m0/s1. The largest absolute Gasteiger partial charge is 0.425 e. The zero-order valence-electron chi connectivity index (χ0n) is 16.5. The van der Waals surface area contributed by atoms with Crippen LogP contribution in [0.4, 0.5) is 0 Å². The average molecular weight is 384 g/mol. The molecule has 3 atom stereocenters. The first kappa shape index (κ1) is 17.8. The second-order valence-electron chi connectivity index (χ2n) is 8.28. The topological polar surface area (TPSA) is 60.4 Å². The summed E-state index contributed by atoms with van der Waals surface area (Å²) in [5.41, 5.74) is -0.340. The molecule has 1 aliphatic carbocycles. The highest BCUT2D eigenvalue weighted by Crippen LogP contribution is 2.79. The summed E-state index contributed by atoms with van der Waals surface area (Å²) in [5.74, 6) is -1.25. The van der Waals surface area contributed by atoms with Gasteiger partial charge in [0.15, 0.2) is 5.78 Å². The molecule has 1 heterocycles. The molecule has 0 spiro atoms. The van der Waals surface area contributed by atoms with Crippen LogP contribution in [0.5, 0.6) is 5.75 Å². The molecular weight excluding hydrogens is 364 g/mol. The fourth-order valence-electron chi connectivity index (χ4n) is 5.32. The number of Topliss-reactive ketones (excluding diaryl/α,β-unsaturated/α-hetero) is 2. The van der Waals surface area contributed by atoms with Gasteiger partial charge in [0.25, 0.3) is 0 Å². The second kappa shape index (κ2) is 5.63. The number of carbonyl (C=O) groups is 3. The summed E-state index contributed by atoms with van der Waals surface area (Å²) in [4.78, 5) is 39.6. The van der Waals surface area contributed by atoms with Gasteiger partial charge in [0, 0.05) is 17.0 Å². The Morgan fingerprint density at radius 1 is 0.966 bits per heavy atom. The van der Waals surface area contributed by atoms with Gasteiger partial charge in [-0.3, -0.25) is 14.4 Å². The van der Waals surface area contributed by atoms with Crippen LogP contribution in [-0.4, -0.2) is 17.5 Å². The minimum atomic E-state index is -1.48. The highest BCUT2D eigenvalue weighted by Gasteiger charge is 2.86. The van der Waals surface area contributed by atoms with E-state index in [9.17, 15) is 14.4 Å². The van der Waals surface area contributed by atoms with Crippen molar-refractivity contribution in [3.8, 4) is 5.75 Å². The molecule has 29 heavy (non-hydrogen) atoms. The SMILES string of the molecule is CC(=O)[C@@]12C(=O)Oc3ccc4ccccc4c3[C@H]1[C@@]2(C)C(=O)c1ccc(C)cc1. The minimum Gasteiger partial charge on any atom is -0.425 e. The quantitative estimate of drug-likeness (QED) is 0.286. The van der Waals surface area contributed by atoms with E-state index in [2.05, 4.69) is 0 Å². The molecule has 0 radical (unpaired) electrons. The Kier molecular flexibility index (Phi) is 3.46. The first-order valence-corrected chi connectivity index (χ1v) is 9.70. The van der Waals surface area contributed by atoms with Crippen molar-refractivity contribution in [2.24, 2.45) is 10.8 Å². The van der Waals surface area contributed by atoms with E-state index in [-0.39, 0.29) is 11.6 Å². The Bertz CT molecular complexity index is 1220. The normalized spacial score (nSPS) is 27.0. The second-order valence-corrected chi connectivity index (χ2v) is 8.28. The van der Waals surface area contributed by atoms with Gasteiger partial charge < -0.3 is 4.74 Å². The van der Waals surface area contributed by atoms with Gasteiger partial charge >= 0.3 is 5.97 Å². The molecule has 0 aromatic heterocycles. The van der Waals surface area contributed by atoms with Crippen molar-refractivity contribution in [1.29, 1.82) is 0 Å². The van der Waals surface area contributed by atoms with Gasteiger partial charge in [0.05, 0.1) is 5.41 Å². The molecule has 3 aromatic rings.